The van der Waals surface area contributed by atoms with E-state index >= 15 is 0 Å². The van der Waals surface area contributed by atoms with Gasteiger partial charge in [0.15, 0.2) is 5.78 Å². The van der Waals surface area contributed by atoms with Gasteiger partial charge in [-0.3, -0.25) is 9.59 Å². The minimum Gasteiger partial charge on any atom is -0.497 e. The molecule has 0 aliphatic carbocycles. The van der Waals surface area contributed by atoms with E-state index in [0.717, 1.165) is 68.0 Å². The molecule has 2 aromatic carbocycles. The zero-order valence-electron chi connectivity index (χ0n) is 17.3. The highest BCUT2D eigenvalue weighted by Gasteiger charge is 2.25. The molecule has 1 N–H and O–H groups in total. The van der Waals surface area contributed by atoms with Crippen molar-refractivity contribution >= 4 is 16.7 Å². The first kappa shape index (κ1) is 20.3. The van der Waals surface area contributed by atoms with Gasteiger partial charge in [-0.15, -0.1) is 0 Å². The summed E-state index contributed by atoms with van der Waals surface area (Å²) in [5, 5.41) is 0.629. The number of ketones is 1. The molecule has 0 bridgehead atoms. The van der Waals surface area contributed by atoms with Crippen LogP contribution in [-0.4, -0.2) is 47.4 Å². The SMILES string of the molecule is COc1cccc(C(=O)C2CCN(CCCc3nc4ccccc4c(=O)[nH]3)CC2)c1. The lowest BCUT2D eigenvalue weighted by molar-refractivity contribution is 0.0839. The van der Waals surface area contributed by atoms with E-state index in [9.17, 15) is 9.59 Å². The zero-order chi connectivity index (χ0) is 20.9. The van der Waals surface area contributed by atoms with Crippen molar-refractivity contribution < 1.29 is 9.53 Å². The predicted octanol–water partition coefficient (Wildman–Crippen LogP) is 3.46. The summed E-state index contributed by atoms with van der Waals surface area (Å²) in [5.41, 5.74) is 1.40. The summed E-state index contributed by atoms with van der Waals surface area (Å²) in [4.78, 5) is 34.8. The van der Waals surface area contributed by atoms with Gasteiger partial charge in [0, 0.05) is 17.9 Å². The van der Waals surface area contributed by atoms with Crippen LogP contribution in [0.5, 0.6) is 5.75 Å². The average Bonchev–Trinajstić information content (AvgIpc) is 2.79. The number of ether oxygens (including phenoxy) is 1. The largest absolute Gasteiger partial charge is 0.497 e. The topological polar surface area (TPSA) is 75.3 Å². The Kier molecular flexibility index (Phi) is 6.23. The van der Waals surface area contributed by atoms with Crippen LogP contribution in [0.1, 0.15) is 35.4 Å². The molecule has 6 nitrogen and oxygen atoms in total. The van der Waals surface area contributed by atoms with Gasteiger partial charge in [-0.05, 0) is 63.2 Å². The number of Topliss-reactive ketones (excluding diaryl/α,β-unsaturated/α-hetero) is 1. The fourth-order valence-electron chi connectivity index (χ4n) is 4.15. The van der Waals surface area contributed by atoms with Gasteiger partial charge in [-0.25, -0.2) is 4.98 Å². The van der Waals surface area contributed by atoms with Gasteiger partial charge < -0.3 is 14.6 Å². The summed E-state index contributed by atoms with van der Waals surface area (Å²) >= 11 is 0. The van der Waals surface area contributed by atoms with E-state index in [4.69, 9.17) is 4.74 Å². The number of nitrogens with one attached hydrogen (secondary N) is 1. The number of fused-ring (bicyclic) bond motifs is 1. The number of methoxy groups -OCH3 is 1. The quantitative estimate of drug-likeness (QED) is 0.609. The van der Waals surface area contributed by atoms with Crippen LogP contribution in [0.4, 0.5) is 0 Å². The average molecular weight is 405 g/mol. The Morgan fingerprint density at radius 1 is 1.17 bits per heavy atom. The summed E-state index contributed by atoms with van der Waals surface area (Å²) in [6.45, 7) is 2.78. The van der Waals surface area contributed by atoms with E-state index in [1.54, 1.807) is 13.2 Å². The van der Waals surface area contributed by atoms with Crippen LogP contribution in [0.25, 0.3) is 10.9 Å². The summed E-state index contributed by atoms with van der Waals surface area (Å²) in [5.74, 6) is 1.75. The monoisotopic (exact) mass is 405 g/mol. The maximum absolute atomic E-state index is 12.8. The summed E-state index contributed by atoms with van der Waals surface area (Å²) < 4.78 is 5.23. The molecule has 156 valence electrons. The lowest BCUT2D eigenvalue weighted by Crippen LogP contribution is -2.37. The minimum atomic E-state index is -0.0764. The Hall–Kier alpha value is -2.99. The summed E-state index contributed by atoms with van der Waals surface area (Å²) in [6.07, 6.45) is 3.42. The number of hydrogen-bond acceptors (Lipinski definition) is 5. The Bertz CT molecular complexity index is 1080. The van der Waals surface area contributed by atoms with Crippen LogP contribution in [0.15, 0.2) is 53.3 Å². The highest BCUT2D eigenvalue weighted by molar-refractivity contribution is 5.98. The Labute approximate surface area is 175 Å². The molecular weight excluding hydrogens is 378 g/mol. The number of aryl methyl sites for hydroxylation is 1. The Morgan fingerprint density at radius 2 is 1.97 bits per heavy atom. The van der Waals surface area contributed by atoms with E-state index in [0.29, 0.717) is 5.39 Å². The lowest BCUT2D eigenvalue weighted by atomic mass is 9.88. The van der Waals surface area contributed by atoms with Gasteiger partial charge in [0.05, 0.1) is 18.0 Å². The first-order valence-corrected chi connectivity index (χ1v) is 10.5. The highest BCUT2D eigenvalue weighted by Crippen LogP contribution is 2.24. The van der Waals surface area contributed by atoms with E-state index in [1.807, 2.05) is 42.5 Å². The van der Waals surface area contributed by atoms with Gasteiger partial charge in [0.25, 0.3) is 5.56 Å². The zero-order valence-corrected chi connectivity index (χ0v) is 17.3. The van der Waals surface area contributed by atoms with Crippen LogP contribution in [0.3, 0.4) is 0 Å². The summed E-state index contributed by atoms with van der Waals surface area (Å²) in [7, 11) is 1.62. The maximum atomic E-state index is 12.8. The van der Waals surface area contributed by atoms with Gasteiger partial charge in [0.2, 0.25) is 0 Å². The van der Waals surface area contributed by atoms with E-state index in [-0.39, 0.29) is 17.3 Å². The number of H-pyrrole nitrogens is 1. The van der Waals surface area contributed by atoms with Crippen LogP contribution in [0.2, 0.25) is 0 Å². The van der Waals surface area contributed by atoms with Crippen LogP contribution >= 0.6 is 0 Å². The molecule has 4 rings (SSSR count). The molecule has 2 heterocycles. The fraction of sp³-hybridized carbons (Fsp3) is 0.375. The predicted molar refractivity (Wildman–Crippen MR) is 117 cm³/mol. The molecule has 1 aliphatic rings. The molecule has 0 radical (unpaired) electrons. The molecule has 1 aliphatic heterocycles. The second-order valence-corrected chi connectivity index (χ2v) is 7.85. The molecule has 3 aromatic rings. The molecule has 0 atom stereocenters. The van der Waals surface area contributed by atoms with E-state index < -0.39 is 0 Å². The van der Waals surface area contributed by atoms with Crippen molar-refractivity contribution in [1.82, 2.24) is 14.9 Å². The molecule has 1 fully saturated rings. The second-order valence-electron chi connectivity index (χ2n) is 7.85. The van der Waals surface area contributed by atoms with Crippen molar-refractivity contribution in [2.75, 3.05) is 26.7 Å². The van der Waals surface area contributed by atoms with Crippen molar-refractivity contribution in [1.29, 1.82) is 0 Å². The van der Waals surface area contributed by atoms with Crippen LogP contribution in [0, 0.1) is 5.92 Å². The van der Waals surface area contributed by atoms with Crippen molar-refractivity contribution in [2.45, 2.75) is 25.7 Å². The number of carbonyl (C=O) groups excluding carboxylic acids is 1. The number of para-hydroxylation sites is 1. The smallest absolute Gasteiger partial charge is 0.258 e. The number of hydrogen-bond donors (Lipinski definition) is 1. The molecule has 30 heavy (non-hydrogen) atoms. The third-order valence-corrected chi connectivity index (χ3v) is 5.86. The van der Waals surface area contributed by atoms with Crippen LogP contribution < -0.4 is 10.3 Å². The maximum Gasteiger partial charge on any atom is 0.258 e. The number of aromatic amines is 1. The third kappa shape index (κ3) is 4.60. The van der Waals surface area contributed by atoms with Gasteiger partial charge in [-0.1, -0.05) is 24.3 Å². The number of piperidine rings is 1. The number of nitrogens with zero attached hydrogens (tertiary/aromatic N) is 2. The van der Waals surface area contributed by atoms with Gasteiger partial charge in [0.1, 0.15) is 11.6 Å². The van der Waals surface area contributed by atoms with Crippen molar-refractivity contribution in [2.24, 2.45) is 5.92 Å². The van der Waals surface area contributed by atoms with E-state index in [2.05, 4.69) is 14.9 Å². The van der Waals surface area contributed by atoms with Crippen molar-refractivity contribution in [3.8, 4) is 5.75 Å². The Morgan fingerprint density at radius 3 is 2.77 bits per heavy atom. The number of aromatic nitrogens is 2. The molecule has 0 amide bonds. The first-order chi connectivity index (χ1) is 14.6. The number of rotatable bonds is 7. The second kappa shape index (κ2) is 9.22. The molecule has 0 unspecified atom stereocenters. The van der Waals surface area contributed by atoms with Crippen molar-refractivity contribution in [3.05, 3.63) is 70.3 Å². The fourth-order valence-corrected chi connectivity index (χ4v) is 4.15. The number of likely N-dealkylation sites (tertiary alicyclic amines) is 1. The summed E-state index contributed by atoms with van der Waals surface area (Å²) in [6, 6.07) is 14.8. The molecule has 1 saturated heterocycles. The minimum absolute atomic E-state index is 0.0758. The molecule has 6 heteroatoms. The molecule has 0 spiro atoms. The third-order valence-electron chi connectivity index (χ3n) is 5.86. The molecular formula is C24H27N3O3. The van der Waals surface area contributed by atoms with Gasteiger partial charge in [-0.2, -0.15) is 0 Å². The van der Waals surface area contributed by atoms with Crippen molar-refractivity contribution in [3.63, 3.8) is 0 Å². The first-order valence-electron chi connectivity index (χ1n) is 10.5. The van der Waals surface area contributed by atoms with Gasteiger partial charge >= 0.3 is 0 Å². The molecule has 0 saturated carbocycles. The standard InChI is InChI=1S/C24H27N3O3/c1-30-19-7-4-6-18(16-19)23(28)17-11-14-27(15-12-17)13-5-10-22-25-21-9-3-2-8-20(21)24(29)26-22/h2-4,6-9,16-17H,5,10-15H2,1H3,(H,25,26,29). The Balaban J connectivity index is 1.27. The normalized spacial score (nSPS) is 15.4. The van der Waals surface area contributed by atoms with Crippen LogP contribution in [-0.2, 0) is 6.42 Å². The number of benzene rings is 2. The lowest BCUT2D eigenvalue weighted by Gasteiger charge is -2.31. The van der Waals surface area contributed by atoms with E-state index in [1.165, 1.54) is 0 Å². The highest BCUT2D eigenvalue weighted by atomic mass is 16.5. The molecule has 1 aromatic heterocycles. The number of carbonyl (C=O) groups is 1.